The number of benzene rings is 1. The first-order valence-corrected chi connectivity index (χ1v) is 10.4. The third-order valence-electron chi connectivity index (χ3n) is 4.13. The summed E-state index contributed by atoms with van der Waals surface area (Å²) in [5.74, 6) is 0.776. The average molecular weight is 383 g/mol. The van der Waals surface area contributed by atoms with Gasteiger partial charge >= 0.3 is 0 Å². The number of aliphatic hydroxyl groups excluding tert-OH is 1. The summed E-state index contributed by atoms with van der Waals surface area (Å²) in [5, 5.41) is 8.73. The molecule has 28 heavy (non-hydrogen) atoms. The summed E-state index contributed by atoms with van der Waals surface area (Å²) >= 11 is 0. The molecule has 0 fully saturated rings. The predicted molar refractivity (Wildman–Crippen MR) is 118 cm³/mol. The molecule has 3 nitrogen and oxygen atoms in total. The van der Waals surface area contributed by atoms with Crippen LogP contribution < -0.4 is 4.74 Å². The molecule has 1 aliphatic rings. The maximum Gasteiger partial charge on any atom is 0.185 e. The highest BCUT2D eigenvalue weighted by Crippen LogP contribution is 2.15. The number of ether oxygens (including phenoxy) is 1. The topological polar surface area (TPSA) is 46.5 Å². The lowest BCUT2D eigenvalue weighted by atomic mass is 10.1. The Bertz CT molecular complexity index is 664. The number of unbranched alkanes of at least 4 members (excludes halogenated alkanes) is 3. The first-order chi connectivity index (χ1) is 13.8. The largest absolute Gasteiger partial charge is 0.494 e. The van der Waals surface area contributed by atoms with Crippen LogP contribution in [0.15, 0.2) is 72.4 Å². The summed E-state index contributed by atoms with van der Waals surface area (Å²) in [5.41, 5.74) is 1.72. The van der Waals surface area contributed by atoms with Crippen LogP contribution in [0.5, 0.6) is 5.75 Å². The molecule has 0 bridgehead atoms. The highest BCUT2D eigenvalue weighted by Gasteiger charge is 2.02. The lowest BCUT2D eigenvalue weighted by molar-refractivity contribution is 0.104. The van der Waals surface area contributed by atoms with Crippen molar-refractivity contribution in [3.63, 3.8) is 0 Å². The number of ketones is 1. The Labute approximate surface area is 170 Å². The van der Waals surface area contributed by atoms with Gasteiger partial charge in [-0.05, 0) is 68.0 Å². The normalized spacial score (nSPS) is 16.3. The van der Waals surface area contributed by atoms with Gasteiger partial charge in [0.1, 0.15) is 5.75 Å². The van der Waals surface area contributed by atoms with Crippen molar-refractivity contribution in [2.75, 3.05) is 13.2 Å². The fourth-order valence-electron chi connectivity index (χ4n) is 2.61. The Kier molecular flexibility index (Phi) is 13.2. The minimum Gasteiger partial charge on any atom is -0.494 e. The number of aliphatic hydroxyl groups is 1. The zero-order valence-electron chi connectivity index (χ0n) is 17.3. The molecule has 0 spiro atoms. The van der Waals surface area contributed by atoms with Gasteiger partial charge in [0.15, 0.2) is 5.78 Å². The second-order valence-electron chi connectivity index (χ2n) is 6.26. The Balaban J connectivity index is 0.00000190. The molecule has 1 aliphatic carbocycles. The fraction of sp³-hybridized carbons (Fsp3) is 0.400. The lowest BCUT2D eigenvalue weighted by Gasteiger charge is -2.06. The molecule has 0 aliphatic heterocycles. The van der Waals surface area contributed by atoms with E-state index in [-0.39, 0.29) is 12.4 Å². The Hall–Kier alpha value is -2.39. The summed E-state index contributed by atoms with van der Waals surface area (Å²) in [6.07, 6.45) is 19.7. The molecule has 0 radical (unpaired) electrons. The molecule has 0 atom stereocenters. The van der Waals surface area contributed by atoms with E-state index in [4.69, 9.17) is 9.84 Å². The molecule has 0 heterocycles. The van der Waals surface area contributed by atoms with Crippen molar-refractivity contribution < 1.29 is 14.6 Å². The van der Waals surface area contributed by atoms with Gasteiger partial charge < -0.3 is 9.84 Å². The van der Waals surface area contributed by atoms with Gasteiger partial charge in [0.2, 0.25) is 0 Å². The number of rotatable bonds is 10. The van der Waals surface area contributed by atoms with Gasteiger partial charge in [-0.15, -0.1) is 0 Å². The average Bonchev–Trinajstić information content (AvgIpc) is 2.71. The van der Waals surface area contributed by atoms with Crippen molar-refractivity contribution in [3.05, 3.63) is 77.9 Å². The van der Waals surface area contributed by atoms with E-state index in [1.165, 1.54) is 0 Å². The van der Waals surface area contributed by atoms with E-state index in [0.717, 1.165) is 49.8 Å². The van der Waals surface area contributed by atoms with Gasteiger partial charge in [0, 0.05) is 12.2 Å². The molecule has 0 saturated heterocycles. The van der Waals surface area contributed by atoms with Gasteiger partial charge in [-0.2, -0.15) is 0 Å². The molecule has 0 saturated carbocycles. The van der Waals surface area contributed by atoms with E-state index < -0.39 is 0 Å². The zero-order chi connectivity index (χ0) is 20.5. The summed E-state index contributed by atoms with van der Waals surface area (Å²) in [4.78, 5) is 12.3. The summed E-state index contributed by atoms with van der Waals surface area (Å²) < 4.78 is 5.69. The van der Waals surface area contributed by atoms with Crippen LogP contribution in [0.2, 0.25) is 0 Å². The van der Waals surface area contributed by atoms with Crippen LogP contribution in [0.3, 0.4) is 0 Å². The van der Waals surface area contributed by atoms with Crippen molar-refractivity contribution >= 4 is 5.78 Å². The molecule has 1 aromatic carbocycles. The Morgan fingerprint density at radius 2 is 1.71 bits per heavy atom. The second-order valence-corrected chi connectivity index (χ2v) is 6.26. The van der Waals surface area contributed by atoms with Gasteiger partial charge in [0.25, 0.3) is 0 Å². The van der Waals surface area contributed by atoms with E-state index in [2.05, 4.69) is 24.3 Å². The van der Waals surface area contributed by atoms with E-state index in [1.807, 2.05) is 38.1 Å². The summed E-state index contributed by atoms with van der Waals surface area (Å²) in [6, 6.07) is 7.29. The standard InChI is InChI=1S/C23H28O3.C2H6/c24-18-8-4-5-9-19-26-22-15-13-21(14-16-22)23(25)17-12-20-10-6-2-1-3-7-11-20;1-2/h1-2,7,10-17,24H,3-6,8-9,18-19H2;1-2H3/b2-1?,11-7-,17-12+,20-10+;. The maximum absolute atomic E-state index is 12.3. The third kappa shape index (κ3) is 10.1. The van der Waals surface area contributed by atoms with Crippen LogP contribution in [0.1, 0.15) is 62.7 Å². The molecule has 0 aromatic heterocycles. The van der Waals surface area contributed by atoms with Gasteiger partial charge in [-0.1, -0.05) is 56.7 Å². The van der Waals surface area contributed by atoms with E-state index in [9.17, 15) is 4.79 Å². The molecule has 0 unspecified atom stereocenters. The van der Waals surface area contributed by atoms with Crippen LogP contribution in [0.25, 0.3) is 0 Å². The first-order valence-electron chi connectivity index (χ1n) is 10.4. The molecular weight excluding hydrogens is 348 g/mol. The van der Waals surface area contributed by atoms with Gasteiger partial charge in [-0.25, -0.2) is 0 Å². The minimum atomic E-state index is -0.00699. The Morgan fingerprint density at radius 3 is 2.46 bits per heavy atom. The quantitative estimate of drug-likeness (QED) is 0.226. The number of hydrogen-bond acceptors (Lipinski definition) is 3. The van der Waals surface area contributed by atoms with Crippen LogP contribution in [-0.4, -0.2) is 24.1 Å². The maximum atomic E-state index is 12.3. The number of carbonyl (C=O) groups is 1. The predicted octanol–water partition coefficient (Wildman–Crippen LogP) is 6.22. The van der Waals surface area contributed by atoms with Crippen LogP contribution in [-0.2, 0) is 0 Å². The van der Waals surface area contributed by atoms with Crippen molar-refractivity contribution in [1.82, 2.24) is 0 Å². The third-order valence-corrected chi connectivity index (χ3v) is 4.13. The van der Waals surface area contributed by atoms with Crippen LogP contribution in [0, 0.1) is 0 Å². The molecule has 0 amide bonds. The van der Waals surface area contributed by atoms with E-state index in [1.54, 1.807) is 18.2 Å². The fourth-order valence-corrected chi connectivity index (χ4v) is 2.61. The highest BCUT2D eigenvalue weighted by atomic mass is 16.5. The van der Waals surface area contributed by atoms with Crippen LogP contribution in [0.4, 0.5) is 0 Å². The Morgan fingerprint density at radius 1 is 1.00 bits per heavy atom. The number of carbonyl (C=O) groups excluding carboxylic acids is 1. The van der Waals surface area contributed by atoms with Crippen molar-refractivity contribution in [2.45, 2.75) is 52.4 Å². The smallest absolute Gasteiger partial charge is 0.185 e. The molecule has 2 rings (SSSR count). The monoisotopic (exact) mass is 382 g/mol. The second kappa shape index (κ2) is 15.6. The molecule has 1 N–H and O–H groups in total. The SMILES string of the molecule is CC.O=C(/C=C/C1=C/CC=CC/C=C\1)c1ccc(OCCCCCCO)cc1. The summed E-state index contributed by atoms with van der Waals surface area (Å²) in [6.45, 7) is 4.92. The highest BCUT2D eigenvalue weighted by molar-refractivity contribution is 6.04. The van der Waals surface area contributed by atoms with Crippen molar-refractivity contribution in [3.8, 4) is 5.75 Å². The van der Waals surface area contributed by atoms with Crippen molar-refractivity contribution in [2.24, 2.45) is 0 Å². The molecular formula is C25H34O3. The van der Waals surface area contributed by atoms with E-state index in [0.29, 0.717) is 12.2 Å². The van der Waals surface area contributed by atoms with Crippen LogP contribution >= 0.6 is 0 Å². The van der Waals surface area contributed by atoms with Gasteiger partial charge in [-0.3, -0.25) is 4.79 Å². The van der Waals surface area contributed by atoms with E-state index >= 15 is 0 Å². The number of allylic oxidation sites excluding steroid dienone is 8. The first kappa shape index (κ1) is 23.6. The number of hydrogen-bond donors (Lipinski definition) is 1. The van der Waals surface area contributed by atoms with Crippen molar-refractivity contribution in [1.29, 1.82) is 0 Å². The molecule has 1 aromatic rings. The van der Waals surface area contributed by atoms with Gasteiger partial charge in [0.05, 0.1) is 6.61 Å². The lowest BCUT2D eigenvalue weighted by Crippen LogP contribution is -1.99. The summed E-state index contributed by atoms with van der Waals surface area (Å²) in [7, 11) is 0. The minimum absolute atomic E-state index is 0.00699. The molecule has 152 valence electrons. The zero-order valence-corrected chi connectivity index (χ0v) is 17.3. The molecule has 3 heteroatoms.